The first kappa shape index (κ1) is 12.9. The lowest BCUT2D eigenvalue weighted by molar-refractivity contribution is 1.11. The van der Waals surface area contributed by atoms with E-state index in [4.69, 9.17) is 11.5 Å². The van der Waals surface area contributed by atoms with Gasteiger partial charge in [0.1, 0.15) is 0 Å². The first-order chi connectivity index (χ1) is 9.65. The van der Waals surface area contributed by atoms with Crippen LogP contribution in [-0.4, -0.2) is 4.98 Å². The van der Waals surface area contributed by atoms with Gasteiger partial charge in [-0.1, -0.05) is 46.3 Å². The van der Waals surface area contributed by atoms with E-state index in [1.54, 1.807) is 0 Å². The van der Waals surface area contributed by atoms with E-state index in [1.807, 2.05) is 36.4 Å². The lowest BCUT2D eigenvalue weighted by Crippen LogP contribution is -2.04. The maximum atomic E-state index is 6.14. The van der Waals surface area contributed by atoms with E-state index in [1.165, 1.54) is 5.56 Å². The molecule has 0 bridgehead atoms. The van der Waals surface area contributed by atoms with E-state index < -0.39 is 0 Å². The molecule has 100 valence electrons. The van der Waals surface area contributed by atoms with Crippen molar-refractivity contribution in [1.29, 1.82) is 0 Å². The zero-order valence-corrected chi connectivity index (χ0v) is 12.4. The summed E-state index contributed by atoms with van der Waals surface area (Å²) >= 11 is 3.45. The molecule has 3 rings (SSSR count). The van der Waals surface area contributed by atoms with Crippen LogP contribution in [0.4, 0.5) is 11.4 Å². The maximum Gasteiger partial charge on any atom is 0.0777 e. The van der Waals surface area contributed by atoms with Gasteiger partial charge >= 0.3 is 0 Å². The average Bonchev–Trinajstić information content (AvgIpc) is 2.45. The molecule has 0 unspecified atom stereocenters. The third-order valence-corrected chi connectivity index (χ3v) is 3.81. The summed E-state index contributed by atoms with van der Waals surface area (Å²) in [4.78, 5) is 4.66. The molecule has 0 saturated heterocycles. The minimum Gasteiger partial charge on any atom is -0.396 e. The Kier molecular flexibility index (Phi) is 3.32. The molecule has 2 aromatic carbocycles. The number of nitrogens with two attached hydrogens (primary N) is 2. The summed E-state index contributed by atoms with van der Waals surface area (Å²) in [6.07, 6.45) is 0.680. The monoisotopic (exact) mass is 327 g/mol. The molecule has 3 aromatic rings. The predicted octanol–water partition coefficient (Wildman–Crippen LogP) is 3.75. The second kappa shape index (κ2) is 5.13. The Labute approximate surface area is 125 Å². The number of rotatable bonds is 2. The number of fused-ring (bicyclic) bond motifs is 1. The topological polar surface area (TPSA) is 64.9 Å². The number of aromatic nitrogens is 1. The van der Waals surface area contributed by atoms with E-state index in [9.17, 15) is 0 Å². The third kappa shape index (κ3) is 2.34. The molecule has 4 heteroatoms. The van der Waals surface area contributed by atoms with Crippen LogP contribution >= 0.6 is 15.9 Å². The summed E-state index contributed by atoms with van der Waals surface area (Å²) < 4.78 is 0.979. The van der Waals surface area contributed by atoms with Crippen LogP contribution in [0.1, 0.15) is 11.3 Å². The Morgan fingerprint density at radius 3 is 2.45 bits per heavy atom. The van der Waals surface area contributed by atoms with E-state index in [0.29, 0.717) is 17.8 Å². The molecule has 3 nitrogen and oxygen atoms in total. The largest absolute Gasteiger partial charge is 0.396 e. The number of hydrogen-bond acceptors (Lipinski definition) is 3. The molecular formula is C16H14BrN3. The van der Waals surface area contributed by atoms with Gasteiger partial charge in [0, 0.05) is 16.3 Å². The molecular weight excluding hydrogens is 314 g/mol. The van der Waals surface area contributed by atoms with E-state index in [0.717, 1.165) is 21.1 Å². The second-order valence-electron chi connectivity index (χ2n) is 4.71. The highest BCUT2D eigenvalue weighted by Gasteiger charge is 2.11. The number of hydrogen-bond donors (Lipinski definition) is 2. The highest BCUT2D eigenvalue weighted by Crippen LogP contribution is 2.30. The molecule has 0 aliphatic carbocycles. The third-order valence-electron chi connectivity index (χ3n) is 3.32. The van der Waals surface area contributed by atoms with Gasteiger partial charge in [-0.3, -0.25) is 4.98 Å². The van der Waals surface area contributed by atoms with Gasteiger partial charge in [-0.15, -0.1) is 0 Å². The van der Waals surface area contributed by atoms with Gasteiger partial charge in [0.05, 0.1) is 22.6 Å². The number of benzene rings is 2. The van der Waals surface area contributed by atoms with Crippen molar-refractivity contribution in [1.82, 2.24) is 4.98 Å². The summed E-state index contributed by atoms with van der Waals surface area (Å²) in [5.41, 5.74) is 16.3. The highest BCUT2D eigenvalue weighted by atomic mass is 79.9. The smallest absolute Gasteiger partial charge is 0.0777 e. The lowest BCUT2D eigenvalue weighted by atomic mass is 10.1. The zero-order chi connectivity index (χ0) is 14.1. The van der Waals surface area contributed by atoms with Gasteiger partial charge in [0.15, 0.2) is 0 Å². The second-order valence-corrected chi connectivity index (χ2v) is 5.63. The van der Waals surface area contributed by atoms with Gasteiger partial charge in [0.2, 0.25) is 0 Å². The van der Waals surface area contributed by atoms with Crippen LogP contribution in [0.5, 0.6) is 0 Å². The fraction of sp³-hybridized carbons (Fsp3) is 0.0625. The van der Waals surface area contributed by atoms with Crippen molar-refractivity contribution in [3.8, 4) is 0 Å². The Hall–Kier alpha value is -2.07. The molecule has 0 saturated carbocycles. The van der Waals surface area contributed by atoms with E-state index in [-0.39, 0.29) is 0 Å². The van der Waals surface area contributed by atoms with Gasteiger partial charge in [0.25, 0.3) is 0 Å². The minimum atomic E-state index is 0.573. The van der Waals surface area contributed by atoms with Crippen molar-refractivity contribution >= 4 is 38.2 Å². The van der Waals surface area contributed by atoms with E-state index in [2.05, 4.69) is 33.0 Å². The zero-order valence-electron chi connectivity index (χ0n) is 10.8. The van der Waals surface area contributed by atoms with Crippen LogP contribution in [0.15, 0.2) is 53.0 Å². The Balaban J connectivity index is 2.13. The van der Waals surface area contributed by atoms with Crippen LogP contribution in [0.25, 0.3) is 10.9 Å². The molecule has 0 fully saturated rings. The van der Waals surface area contributed by atoms with Crippen molar-refractivity contribution in [3.63, 3.8) is 0 Å². The molecule has 0 atom stereocenters. The van der Waals surface area contributed by atoms with Crippen molar-refractivity contribution in [3.05, 3.63) is 64.3 Å². The molecule has 1 heterocycles. The average molecular weight is 328 g/mol. The molecule has 4 N–H and O–H groups in total. The summed E-state index contributed by atoms with van der Waals surface area (Å²) in [5.74, 6) is 0. The Morgan fingerprint density at radius 1 is 0.950 bits per heavy atom. The lowest BCUT2D eigenvalue weighted by Gasteiger charge is -2.11. The fourth-order valence-electron chi connectivity index (χ4n) is 2.26. The van der Waals surface area contributed by atoms with E-state index >= 15 is 0 Å². The van der Waals surface area contributed by atoms with Gasteiger partial charge < -0.3 is 11.5 Å². The highest BCUT2D eigenvalue weighted by molar-refractivity contribution is 9.10. The van der Waals surface area contributed by atoms with Crippen molar-refractivity contribution < 1.29 is 0 Å². The number of pyridine rings is 1. The number of halogens is 1. The van der Waals surface area contributed by atoms with Crippen LogP contribution in [0, 0.1) is 0 Å². The van der Waals surface area contributed by atoms with Gasteiger partial charge in [-0.25, -0.2) is 0 Å². The molecule has 20 heavy (non-hydrogen) atoms. The molecule has 0 radical (unpaired) electrons. The van der Waals surface area contributed by atoms with Crippen molar-refractivity contribution in [2.45, 2.75) is 6.42 Å². The number of nitrogens with zero attached hydrogens (tertiary/aromatic N) is 1. The number of anilines is 2. The predicted molar refractivity (Wildman–Crippen MR) is 87.5 cm³/mol. The van der Waals surface area contributed by atoms with Crippen molar-refractivity contribution in [2.75, 3.05) is 11.5 Å². The molecule has 0 spiro atoms. The normalized spacial score (nSPS) is 10.8. The first-order valence-electron chi connectivity index (χ1n) is 6.32. The minimum absolute atomic E-state index is 0.573. The van der Waals surface area contributed by atoms with Crippen LogP contribution in [0.2, 0.25) is 0 Å². The van der Waals surface area contributed by atoms with Gasteiger partial charge in [-0.2, -0.15) is 0 Å². The van der Waals surface area contributed by atoms with Crippen LogP contribution < -0.4 is 11.5 Å². The molecule has 0 amide bonds. The van der Waals surface area contributed by atoms with Gasteiger partial charge in [-0.05, 0) is 23.8 Å². The molecule has 0 aliphatic heterocycles. The van der Waals surface area contributed by atoms with Crippen LogP contribution in [0.3, 0.4) is 0 Å². The standard InChI is InChI=1S/C16H14BrN3/c17-11-6-7-12-13(9-11)20-14(16(19)15(12)18)8-10-4-2-1-3-5-10/h1-7,9H,8,19H2,(H2,18,20). The number of nitrogen functional groups attached to an aromatic ring is 2. The quantitative estimate of drug-likeness (QED) is 0.753. The first-order valence-corrected chi connectivity index (χ1v) is 7.11. The SMILES string of the molecule is Nc1c(Cc2ccccc2)nc2cc(Br)ccc2c1N. The summed E-state index contributed by atoms with van der Waals surface area (Å²) in [6.45, 7) is 0. The maximum absolute atomic E-state index is 6.14. The molecule has 0 aliphatic rings. The van der Waals surface area contributed by atoms with Crippen molar-refractivity contribution in [2.24, 2.45) is 0 Å². The Bertz CT molecular complexity index is 770. The van der Waals surface area contributed by atoms with Crippen LogP contribution in [-0.2, 0) is 6.42 Å². The molecule has 1 aromatic heterocycles. The summed E-state index contributed by atoms with van der Waals surface area (Å²) in [7, 11) is 0. The Morgan fingerprint density at radius 2 is 1.70 bits per heavy atom. The summed E-state index contributed by atoms with van der Waals surface area (Å²) in [5, 5.41) is 0.891. The fourth-order valence-corrected chi connectivity index (χ4v) is 2.60. The summed E-state index contributed by atoms with van der Waals surface area (Å²) in [6, 6.07) is 16.0.